The summed E-state index contributed by atoms with van der Waals surface area (Å²) in [4.78, 5) is 33.7. The lowest BCUT2D eigenvalue weighted by molar-refractivity contribution is -0.143. The molecule has 4 N–H and O–H groups in total. The van der Waals surface area contributed by atoms with Crippen molar-refractivity contribution in [2.45, 2.75) is 64.6 Å². The minimum atomic E-state index is -0.954. The molecule has 134 valence electrons. The van der Waals surface area contributed by atoms with Crippen LogP contribution in [-0.2, 0) is 19.1 Å². The van der Waals surface area contributed by atoms with E-state index in [9.17, 15) is 24.6 Å². The van der Waals surface area contributed by atoms with E-state index >= 15 is 0 Å². The lowest BCUT2D eigenvalue weighted by atomic mass is 9.97. The fourth-order valence-corrected chi connectivity index (χ4v) is 2.25. The smallest absolute Gasteiger partial charge is 0.305 e. The van der Waals surface area contributed by atoms with Gasteiger partial charge in [0, 0.05) is 20.3 Å². The summed E-state index contributed by atoms with van der Waals surface area (Å²) >= 11 is 0. The number of hydrogen-bond acceptors (Lipinski definition) is 6. The third-order valence-electron chi connectivity index (χ3n) is 3.24. The molecule has 0 aromatic heterocycles. The van der Waals surface area contributed by atoms with Gasteiger partial charge < -0.3 is 25.6 Å². The number of esters is 1. The van der Waals surface area contributed by atoms with Crippen LogP contribution in [0.5, 0.6) is 0 Å². The maximum absolute atomic E-state index is 11.3. The number of hydrogen-bond donors (Lipinski definition) is 4. The van der Waals surface area contributed by atoms with Crippen molar-refractivity contribution >= 4 is 17.8 Å². The van der Waals surface area contributed by atoms with E-state index in [1.165, 1.54) is 13.8 Å². The van der Waals surface area contributed by atoms with E-state index in [0.717, 1.165) is 0 Å². The van der Waals surface area contributed by atoms with Gasteiger partial charge in [-0.15, -0.1) is 0 Å². The summed E-state index contributed by atoms with van der Waals surface area (Å²) in [5, 5.41) is 24.7. The summed E-state index contributed by atoms with van der Waals surface area (Å²) in [6.07, 6.45) is 0.729. The molecular weight excluding hydrogens is 304 g/mol. The van der Waals surface area contributed by atoms with Crippen LogP contribution < -0.4 is 10.6 Å². The van der Waals surface area contributed by atoms with Crippen molar-refractivity contribution < 1.29 is 29.3 Å². The molecule has 8 heteroatoms. The van der Waals surface area contributed by atoms with Gasteiger partial charge in [-0.05, 0) is 19.8 Å². The molecule has 0 radical (unpaired) electrons. The molecule has 0 aliphatic carbocycles. The molecule has 23 heavy (non-hydrogen) atoms. The van der Waals surface area contributed by atoms with Crippen molar-refractivity contribution in [2.75, 3.05) is 13.2 Å². The molecule has 0 saturated heterocycles. The second-order valence-corrected chi connectivity index (χ2v) is 5.33. The zero-order valence-electron chi connectivity index (χ0n) is 14.0. The number of carbonyl (C=O) groups is 3. The number of aliphatic hydroxyl groups is 2. The van der Waals surface area contributed by atoms with E-state index < -0.39 is 24.8 Å². The third-order valence-corrected chi connectivity index (χ3v) is 3.24. The first-order valence-corrected chi connectivity index (χ1v) is 7.80. The van der Waals surface area contributed by atoms with Crippen LogP contribution >= 0.6 is 0 Å². The van der Waals surface area contributed by atoms with Crippen LogP contribution in [-0.4, -0.2) is 59.4 Å². The molecule has 2 amide bonds. The summed E-state index contributed by atoms with van der Waals surface area (Å²) in [6, 6.07) is -1.58. The number of ether oxygens (including phenoxy) is 1. The molecule has 0 aromatic rings. The fraction of sp³-hybridized carbons (Fsp3) is 0.800. The van der Waals surface area contributed by atoms with Crippen molar-refractivity contribution in [3.8, 4) is 0 Å². The van der Waals surface area contributed by atoms with Gasteiger partial charge in [-0.25, -0.2) is 0 Å². The summed E-state index contributed by atoms with van der Waals surface area (Å²) in [5.41, 5.74) is 0. The number of rotatable bonds is 11. The van der Waals surface area contributed by atoms with Gasteiger partial charge in [-0.3, -0.25) is 14.4 Å². The molecule has 3 unspecified atom stereocenters. The highest BCUT2D eigenvalue weighted by molar-refractivity contribution is 5.75. The van der Waals surface area contributed by atoms with Gasteiger partial charge in [-0.2, -0.15) is 0 Å². The van der Waals surface area contributed by atoms with E-state index in [4.69, 9.17) is 4.74 Å². The highest BCUT2D eigenvalue weighted by Crippen LogP contribution is 2.11. The number of unbranched alkanes of at least 4 members (excludes halogenated alkanes) is 1. The topological polar surface area (TPSA) is 125 Å². The first kappa shape index (κ1) is 21.3. The number of aliphatic hydroxyl groups excluding tert-OH is 2. The molecule has 0 rings (SSSR count). The molecule has 0 saturated carbocycles. The van der Waals surface area contributed by atoms with E-state index in [1.807, 2.05) is 0 Å². The maximum atomic E-state index is 11.3. The van der Waals surface area contributed by atoms with Crippen LogP contribution in [0.3, 0.4) is 0 Å². The standard InChI is InChI=1S/C15H28N2O6/c1-4-23-14(22)8-6-5-7-13(21)15(17-11(3)20)12(9-18)16-10(2)19/h12-13,15,18,21H,4-9H2,1-3H3,(H,16,19)(H,17,20). The molecule has 0 spiro atoms. The van der Waals surface area contributed by atoms with Crippen molar-refractivity contribution in [2.24, 2.45) is 0 Å². The zero-order valence-corrected chi connectivity index (χ0v) is 14.0. The summed E-state index contributed by atoms with van der Waals surface area (Å²) in [5.74, 6) is -1.02. The van der Waals surface area contributed by atoms with Crippen LogP contribution in [0, 0.1) is 0 Å². The van der Waals surface area contributed by atoms with Gasteiger partial charge in [0.1, 0.15) is 0 Å². The van der Waals surface area contributed by atoms with Crippen LogP contribution in [0.2, 0.25) is 0 Å². The molecule has 8 nitrogen and oxygen atoms in total. The van der Waals surface area contributed by atoms with Crippen molar-refractivity contribution in [3.63, 3.8) is 0 Å². The van der Waals surface area contributed by atoms with Gasteiger partial charge in [0.05, 0.1) is 31.4 Å². The predicted octanol–water partition coefficient (Wildman–Crippen LogP) is -0.527. The van der Waals surface area contributed by atoms with Gasteiger partial charge in [0.2, 0.25) is 11.8 Å². The maximum Gasteiger partial charge on any atom is 0.305 e. The Balaban J connectivity index is 4.49. The van der Waals surface area contributed by atoms with Gasteiger partial charge in [0.25, 0.3) is 0 Å². The van der Waals surface area contributed by atoms with Crippen LogP contribution in [0.25, 0.3) is 0 Å². The Morgan fingerprint density at radius 3 is 2.17 bits per heavy atom. The van der Waals surface area contributed by atoms with Gasteiger partial charge in [-0.1, -0.05) is 6.42 Å². The van der Waals surface area contributed by atoms with Crippen LogP contribution in [0.4, 0.5) is 0 Å². The Morgan fingerprint density at radius 2 is 1.70 bits per heavy atom. The SMILES string of the molecule is CCOC(=O)CCCCC(O)C(NC(C)=O)C(CO)NC(C)=O. The van der Waals surface area contributed by atoms with E-state index in [2.05, 4.69) is 10.6 Å². The molecule has 0 aliphatic heterocycles. The number of nitrogens with one attached hydrogen (secondary N) is 2. The number of carbonyl (C=O) groups excluding carboxylic acids is 3. The highest BCUT2D eigenvalue weighted by Gasteiger charge is 2.29. The Morgan fingerprint density at radius 1 is 1.09 bits per heavy atom. The minimum absolute atomic E-state index is 0.264. The van der Waals surface area contributed by atoms with Crippen LogP contribution in [0.1, 0.15) is 46.5 Å². The van der Waals surface area contributed by atoms with E-state index in [1.54, 1.807) is 6.92 Å². The summed E-state index contributed by atoms with van der Waals surface area (Å²) in [7, 11) is 0. The van der Waals surface area contributed by atoms with Crippen molar-refractivity contribution in [1.29, 1.82) is 0 Å². The molecule has 0 aliphatic rings. The zero-order chi connectivity index (χ0) is 17.8. The molecule has 0 fully saturated rings. The second kappa shape index (κ2) is 11.8. The molecule has 0 heterocycles. The highest BCUT2D eigenvalue weighted by atomic mass is 16.5. The fourth-order valence-electron chi connectivity index (χ4n) is 2.25. The van der Waals surface area contributed by atoms with E-state index in [-0.39, 0.29) is 24.2 Å². The average molecular weight is 332 g/mol. The molecule has 0 bridgehead atoms. The summed E-state index contributed by atoms with van der Waals surface area (Å²) < 4.78 is 4.81. The first-order valence-electron chi connectivity index (χ1n) is 7.80. The van der Waals surface area contributed by atoms with Crippen molar-refractivity contribution in [3.05, 3.63) is 0 Å². The Labute approximate surface area is 136 Å². The van der Waals surface area contributed by atoms with Gasteiger partial charge in [0.15, 0.2) is 0 Å². The van der Waals surface area contributed by atoms with E-state index in [0.29, 0.717) is 25.9 Å². The summed E-state index contributed by atoms with van der Waals surface area (Å²) in [6.45, 7) is 4.24. The minimum Gasteiger partial charge on any atom is -0.466 e. The number of amides is 2. The monoisotopic (exact) mass is 332 g/mol. The lowest BCUT2D eigenvalue weighted by Gasteiger charge is -2.30. The largest absolute Gasteiger partial charge is 0.466 e. The van der Waals surface area contributed by atoms with Gasteiger partial charge >= 0.3 is 5.97 Å². The Hall–Kier alpha value is -1.67. The average Bonchev–Trinajstić information content (AvgIpc) is 2.46. The Kier molecular flexibility index (Phi) is 11.0. The molecular formula is C15H28N2O6. The third kappa shape index (κ3) is 9.85. The first-order chi connectivity index (χ1) is 10.8. The van der Waals surface area contributed by atoms with Crippen molar-refractivity contribution in [1.82, 2.24) is 10.6 Å². The quantitative estimate of drug-likeness (QED) is 0.298. The second-order valence-electron chi connectivity index (χ2n) is 5.33. The molecule has 3 atom stereocenters. The normalized spacial score (nSPS) is 14.5. The molecule has 0 aromatic carbocycles. The van der Waals surface area contributed by atoms with Crippen LogP contribution in [0.15, 0.2) is 0 Å². The Bertz CT molecular complexity index is 388. The predicted molar refractivity (Wildman–Crippen MR) is 83.4 cm³/mol. The lowest BCUT2D eigenvalue weighted by Crippen LogP contribution is -2.58.